The molecule has 0 aromatic carbocycles. The number of alkyl carbamates (subject to hydrolysis) is 1. The van der Waals surface area contributed by atoms with Gasteiger partial charge in [0.1, 0.15) is 13.2 Å². The number of urea groups is 1. The number of hydrogen-bond acceptors (Lipinski definition) is 5. The van der Waals surface area contributed by atoms with Gasteiger partial charge in [0.25, 0.3) is 0 Å². The number of hydrogen-bond donors (Lipinski definition) is 2. The maximum atomic E-state index is 10.8. The zero-order valence-electron chi connectivity index (χ0n) is 8.24. The van der Waals surface area contributed by atoms with Crippen molar-refractivity contribution < 1.29 is 23.9 Å². The molecule has 84 valence electrons. The van der Waals surface area contributed by atoms with Gasteiger partial charge in [0.15, 0.2) is 0 Å². The normalized spacial score (nSPS) is 8.87. The molecule has 0 bridgehead atoms. The lowest BCUT2D eigenvalue weighted by atomic mass is 10.4. The summed E-state index contributed by atoms with van der Waals surface area (Å²) in [5.74, 6) is -0.575. The van der Waals surface area contributed by atoms with E-state index in [1.165, 1.54) is 6.92 Å². The van der Waals surface area contributed by atoms with Crippen LogP contribution in [-0.2, 0) is 14.3 Å². The van der Waals surface area contributed by atoms with Crippen molar-refractivity contribution >= 4 is 18.1 Å². The van der Waals surface area contributed by atoms with E-state index in [2.05, 4.69) is 21.8 Å². The molecular weight excluding hydrogens is 204 g/mol. The lowest BCUT2D eigenvalue weighted by Crippen LogP contribution is -2.35. The van der Waals surface area contributed by atoms with E-state index in [1.807, 2.05) is 0 Å². The molecule has 7 nitrogen and oxygen atoms in total. The fraction of sp³-hybridized carbons (Fsp3) is 0.375. The summed E-state index contributed by atoms with van der Waals surface area (Å²) in [5.41, 5.74) is 4.88. The summed E-state index contributed by atoms with van der Waals surface area (Å²) in [4.78, 5) is 31.6. The van der Waals surface area contributed by atoms with Gasteiger partial charge in [-0.05, 0) is 6.92 Å². The third-order valence-electron chi connectivity index (χ3n) is 1.12. The topological polar surface area (TPSA) is 108 Å². The second-order valence-electron chi connectivity index (χ2n) is 2.54. The Labute approximate surface area is 86.2 Å². The summed E-state index contributed by atoms with van der Waals surface area (Å²) in [6.45, 7) is 4.56. The Morgan fingerprint density at radius 3 is 2.27 bits per heavy atom. The van der Waals surface area contributed by atoms with Crippen molar-refractivity contribution in [1.82, 2.24) is 5.32 Å². The van der Waals surface area contributed by atoms with Crippen LogP contribution in [0.2, 0.25) is 0 Å². The maximum Gasteiger partial charge on any atom is 0.415 e. The highest BCUT2D eigenvalue weighted by atomic mass is 16.6. The van der Waals surface area contributed by atoms with Crippen molar-refractivity contribution in [3.8, 4) is 0 Å². The van der Waals surface area contributed by atoms with Crippen LogP contribution in [0.3, 0.4) is 0 Å². The monoisotopic (exact) mass is 216 g/mol. The van der Waals surface area contributed by atoms with E-state index < -0.39 is 18.1 Å². The number of rotatable bonds is 4. The Bertz CT molecular complexity index is 287. The Hall–Kier alpha value is -2.05. The number of carbonyl (C=O) groups is 3. The summed E-state index contributed by atoms with van der Waals surface area (Å²) in [6, 6.07) is -1.01. The SMILES string of the molecule is C=C(C)C(=O)OCCOC(=O)NC(N)=O. The molecule has 3 N–H and O–H groups in total. The molecular formula is C8H12N2O5. The molecule has 15 heavy (non-hydrogen) atoms. The fourth-order valence-electron chi connectivity index (χ4n) is 0.529. The van der Waals surface area contributed by atoms with Gasteiger partial charge in [-0.1, -0.05) is 6.58 Å². The van der Waals surface area contributed by atoms with Gasteiger partial charge in [-0.2, -0.15) is 0 Å². The van der Waals surface area contributed by atoms with Crippen LogP contribution < -0.4 is 11.1 Å². The van der Waals surface area contributed by atoms with Crippen molar-refractivity contribution in [3.05, 3.63) is 12.2 Å². The van der Waals surface area contributed by atoms with Gasteiger partial charge >= 0.3 is 18.1 Å². The Balaban J connectivity index is 3.55. The Kier molecular flexibility index (Phi) is 5.53. The van der Waals surface area contributed by atoms with Gasteiger partial charge in [-0.15, -0.1) is 0 Å². The van der Waals surface area contributed by atoms with Crippen LogP contribution >= 0.6 is 0 Å². The van der Waals surface area contributed by atoms with Gasteiger partial charge in [0.05, 0.1) is 0 Å². The predicted molar refractivity (Wildman–Crippen MR) is 49.8 cm³/mol. The standard InChI is InChI=1S/C8H12N2O5/c1-5(2)6(11)14-3-4-15-8(13)10-7(9)12/h1,3-4H2,2H3,(H3,9,10,12,13). The van der Waals surface area contributed by atoms with Crippen LogP contribution in [0.1, 0.15) is 6.92 Å². The van der Waals surface area contributed by atoms with Gasteiger partial charge in [0.2, 0.25) is 0 Å². The molecule has 3 amide bonds. The molecule has 0 saturated carbocycles. The molecule has 0 aliphatic carbocycles. The van der Waals surface area contributed by atoms with Crippen molar-refractivity contribution in [2.75, 3.05) is 13.2 Å². The molecule has 0 heterocycles. The Morgan fingerprint density at radius 1 is 1.27 bits per heavy atom. The van der Waals surface area contributed by atoms with Crippen molar-refractivity contribution in [3.63, 3.8) is 0 Å². The highest BCUT2D eigenvalue weighted by Crippen LogP contribution is 1.91. The molecule has 0 spiro atoms. The van der Waals surface area contributed by atoms with Crippen LogP contribution in [0.25, 0.3) is 0 Å². The molecule has 0 rings (SSSR count). The minimum atomic E-state index is -1.01. The fourth-order valence-corrected chi connectivity index (χ4v) is 0.529. The van der Waals surface area contributed by atoms with Gasteiger partial charge in [-0.25, -0.2) is 19.7 Å². The van der Waals surface area contributed by atoms with E-state index >= 15 is 0 Å². The van der Waals surface area contributed by atoms with E-state index in [9.17, 15) is 14.4 Å². The third-order valence-corrected chi connectivity index (χ3v) is 1.12. The van der Waals surface area contributed by atoms with E-state index in [-0.39, 0.29) is 18.8 Å². The number of nitrogens with two attached hydrogens (primary N) is 1. The largest absolute Gasteiger partial charge is 0.459 e. The summed E-state index contributed by atoms with van der Waals surface area (Å²) < 4.78 is 9.02. The minimum Gasteiger partial charge on any atom is -0.459 e. The van der Waals surface area contributed by atoms with Gasteiger partial charge in [-0.3, -0.25) is 0 Å². The average Bonchev–Trinajstić information content (AvgIpc) is 2.10. The first-order chi connectivity index (χ1) is 6.93. The first-order valence-corrected chi connectivity index (χ1v) is 3.99. The minimum absolute atomic E-state index is 0.113. The molecule has 0 aromatic rings. The highest BCUT2D eigenvalue weighted by Gasteiger charge is 2.06. The Morgan fingerprint density at radius 2 is 1.80 bits per heavy atom. The van der Waals surface area contributed by atoms with Crippen LogP contribution in [0.15, 0.2) is 12.2 Å². The molecule has 0 fully saturated rings. The number of imide groups is 1. The molecule has 0 aromatic heterocycles. The molecule has 7 heteroatoms. The van der Waals surface area contributed by atoms with Gasteiger partial charge in [0, 0.05) is 5.57 Å². The lowest BCUT2D eigenvalue weighted by molar-refractivity contribution is -0.139. The first-order valence-electron chi connectivity index (χ1n) is 3.99. The number of carbonyl (C=O) groups excluding carboxylic acids is 3. The van der Waals surface area contributed by atoms with Crippen LogP contribution in [0, 0.1) is 0 Å². The number of amides is 3. The lowest BCUT2D eigenvalue weighted by Gasteiger charge is -2.05. The zero-order valence-corrected chi connectivity index (χ0v) is 8.24. The van der Waals surface area contributed by atoms with Crippen LogP contribution in [-0.4, -0.2) is 31.3 Å². The van der Waals surface area contributed by atoms with E-state index in [0.29, 0.717) is 0 Å². The molecule has 0 unspecified atom stereocenters. The van der Waals surface area contributed by atoms with E-state index in [1.54, 1.807) is 5.32 Å². The molecule has 0 atom stereocenters. The van der Waals surface area contributed by atoms with Gasteiger partial charge < -0.3 is 15.2 Å². The molecule has 0 saturated heterocycles. The predicted octanol–water partition coefficient (Wildman–Crippen LogP) is -0.0894. The third kappa shape index (κ3) is 7.05. The quantitative estimate of drug-likeness (QED) is 0.388. The second-order valence-corrected chi connectivity index (χ2v) is 2.54. The van der Waals surface area contributed by atoms with Crippen molar-refractivity contribution in [1.29, 1.82) is 0 Å². The van der Waals surface area contributed by atoms with Crippen molar-refractivity contribution in [2.45, 2.75) is 6.92 Å². The van der Waals surface area contributed by atoms with Crippen LogP contribution in [0.4, 0.5) is 9.59 Å². The molecule has 0 aliphatic rings. The van der Waals surface area contributed by atoms with E-state index in [4.69, 9.17) is 0 Å². The molecule has 0 radical (unpaired) electrons. The zero-order chi connectivity index (χ0) is 11.8. The first kappa shape index (κ1) is 12.9. The summed E-state index contributed by atoms with van der Waals surface area (Å²) in [7, 11) is 0. The summed E-state index contributed by atoms with van der Waals surface area (Å²) in [5, 5.41) is 1.67. The highest BCUT2D eigenvalue weighted by molar-refractivity contribution is 5.89. The summed E-state index contributed by atoms with van der Waals surface area (Å²) in [6.07, 6.45) is -0.992. The summed E-state index contributed by atoms with van der Waals surface area (Å²) >= 11 is 0. The number of nitrogens with one attached hydrogen (secondary N) is 1. The smallest absolute Gasteiger partial charge is 0.415 e. The van der Waals surface area contributed by atoms with E-state index in [0.717, 1.165) is 0 Å². The van der Waals surface area contributed by atoms with Crippen LogP contribution in [0.5, 0.6) is 0 Å². The number of esters is 1. The molecule has 0 aliphatic heterocycles. The average molecular weight is 216 g/mol. The number of primary amides is 1. The van der Waals surface area contributed by atoms with Crippen molar-refractivity contribution in [2.24, 2.45) is 5.73 Å². The number of ether oxygens (including phenoxy) is 2. The maximum absolute atomic E-state index is 10.8. The second kappa shape index (κ2) is 6.41.